The van der Waals surface area contributed by atoms with Crippen molar-refractivity contribution in [2.45, 2.75) is 6.61 Å². The van der Waals surface area contributed by atoms with E-state index in [1.54, 1.807) is 24.3 Å². The highest BCUT2D eigenvalue weighted by molar-refractivity contribution is 6.34. The Kier molecular flexibility index (Phi) is 2.68. The quantitative estimate of drug-likeness (QED) is 0.736. The van der Waals surface area contributed by atoms with Gasteiger partial charge in [0.05, 0.1) is 6.20 Å². The van der Waals surface area contributed by atoms with Gasteiger partial charge in [0, 0.05) is 10.8 Å². The molecule has 2 nitrogen and oxygen atoms in total. The van der Waals surface area contributed by atoms with Gasteiger partial charge in [-0.05, 0) is 0 Å². The molecule has 0 fully saturated rings. The Balaban J connectivity index is 2.61. The molecule has 5 heteroatoms. The molecule has 0 spiro atoms. The first-order chi connectivity index (χ1) is 7.18. The number of fused-ring (bicyclic) bond motifs is 1. The molecular formula is C10H6ClF2NO. The van der Waals surface area contributed by atoms with Gasteiger partial charge in [-0.25, -0.2) is 4.98 Å². The minimum absolute atomic E-state index is 0.0324. The molecule has 2 aromatic rings. The fourth-order valence-electron chi connectivity index (χ4n) is 1.32. The number of halogens is 3. The summed E-state index contributed by atoms with van der Waals surface area (Å²) in [6.45, 7) is -2.86. The van der Waals surface area contributed by atoms with Gasteiger partial charge in [-0.1, -0.05) is 35.9 Å². The third kappa shape index (κ3) is 1.99. The van der Waals surface area contributed by atoms with Crippen molar-refractivity contribution in [3.8, 4) is 5.75 Å². The Morgan fingerprint density at radius 2 is 1.87 bits per heavy atom. The molecule has 0 radical (unpaired) electrons. The van der Waals surface area contributed by atoms with Crippen molar-refractivity contribution in [3.05, 3.63) is 35.6 Å². The highest BCUT2D eigenvalue weighted by Crippen LogP contribution is 2.29. The summed E-state index contributed by atoms with van der Waals surface area (Å²) < 4.78 is 28.5. The van der Waals surface area contributed by atoms with Crippen LogP contribution in [0.4, 0.5) is 8.78 Å². The second-order valence-electron chi connectivity index (χ2n) is 2.84. The first-order valence-corrected chi connectivity index (χ1v) is 4.54. The number of ether oxygens (including phenoxy) is 1. The lowest BCUT2D eigenvalue weighted by Gasteiger charge is -2.07. The van der Waals surface area contributed by atoms with Gasteiger partial charge >= 0.3 is 6.61 Å². The van der Waals surface area contributed by atoms with Crippen molar-refractivity contribution in [1.29, 1.82) is 0 Å². The third-order valence-corrected chi connectivity index (χ3v) is 2.23. The van der Waals surface area contributed by atoms with Gasteiger partial charge in [-0.2, -0.15) is 8.78 Å². The average Bonchev–Trinajstić information content (AvgIpc) is 2.22. The van der Waals surface area contributed by atoms with Gasteiger partial charge in [0.15, 0.2) is 5.75 Å². The Labute approximate surface area is 89.4 Å². The molecule has 0 aliphatic carbocycles. The van der Waals surface area contributed by atoms with Crippen LogP contribution in [-0.4, -0.2) is 11.6 Å². The lowest BCUT2D eigenvalue weighted by molar-refractivity contribution is -0.0490. The van der Waals surface area contributed by atoms with Crippen LogP contribution in [0.1, 0.15) is 0 Å². The summed E-state index contributed by atoms with van der Waals surface area (Å²) in [5.74, 6) is 0.0324. The number of alkyl halides is 2. The number of benzene rings is 1. The lowest BCUT2D eigenvalue weighted by Crippen LogP contribution is -2.02. The molecule has 0 unspecified atom stereocenters. The summed E-state index contributed by atoms with van der Waals surface area (Å²) >= 11 is 5.81. The summed E-state index contributed by atoms with van der Waals surface area (Å²) in [6.07, 6.45) is 1.19. The summed E-state index contributed by atoms with van der Waals surface area (Å²) in [6, 6.07) is 6.82. The van der Waals surface area contributed by atoms with E-state index in [-0.39, 0.29) is 10.9 Å². The van der Waals surface area contributed by atoms with E-state index in [1.807, 2.05) is 0 Å². The fourth-order valence-corrected chi connectivity index (χ4v) is 1.54. The number of nitrogens with zero attached hydrogens (tertiary/aromatic N) is 1. The molecule has 2 rings (SSSR count). The second kappa shape index (κ2) is 3.98. The van der Waals surface area contributed by atoms with E-state index in [1.165, 1.54) is 6.20 Å². The molecule has 15 heavy (non-hydrogen) atoms. The smallest absolute Gasteiger partial charge is 0.387 e. The predicted molar refractivity (Wildman–Crippen MR) is 53.4 cm³/mol. The highest BCUT2D eigenvalue weighted by Gasteiger charge is 2.10. The van der Waals surface area contributed by atoms with Gasteiger partial charge in [0.2, 0.25) is 0 Å². The maximum atomic E-state index is 12.1. The number of aromatic nitrogens is 1. The molecule has 0 atom stereocenters. The summed E-state index contributed by atoms with van der Waals surface area (Å²) in [5.41, 5.74) is 0. The second-order valence-corrected chi connectivity index (χ2v) is 3.20. The molecule has 0 N–H and O–H groups in total. The minimum atomic E-state index is -2.86. The molecular weight excluding hydrogens is 224 g/mol. The molecule has 1 heterocycles. The van der Waals surface area contributed by atoms with Crippen LogP contribution in [0.5, 0.6) is 5.75 Å². The molecule has 78 valence electrons. The molecule has 1 aromatic carbocycles. The van der Waals surface area contributed by atoms with Gasteiger partial charge in [-0.15, -0.1) is 0 Å². The van der Waals surface area contributed by atoms with E-state index >= 15 is 0 Å². The van der Waals surface area contributed by atoms with Crippen LogP contribution in [-0.2, 0) is 0 Å². The molecule has 0 bridgehead atoms. The molecule has 0 aliphatic rings. The number of hydrogen-bond acceptors (Lipinski definition) is 2. The molecule has 0 aliphatic heterocycles. The standard InChI is InChI=1S/C10H6ClF2NO/c11-9-7-4-2-1-3-6(7)8(5-14-9)15-10(12)13/h1-5,10H. The van der Waals surface area contributed by atoms with Crippen molar-refractivity contribution in [3.63, 3.8) is 0 Å². The van der Waals surface area contributed by atoms with Gasteiger partial charge in [-0.3, -0.25) is 0 Å². The first-order valence-electron chi connectivity index (χ1n) is 4.16. The summed E-state index contributed by atoms with van der Waals surface area (Å²) in [7, 11) is 0. The zero-order chi connectivity index (χ0) is 10.8. The number of rotatable bonds is 2. The average molecular weight is 230 g/mol. The minimum Gasteiger partial charge on any atom is -0.433 e. The Bertz CT molecular complexity index is 490. The van der Waals surface area contributed by atoms with Gasteiger partial charge in [0.25, 0.3) is 0 Å². The largest absolute Gasteiger partial charge is 0.433 e. The third-order valence-electron chi connectivity index (χ3n) is 1.93. The Morgan fingerprint density at radius 1 is 1.20 bits per heavy atom. The normalized spacial score (nSPS) is 10.9. The molecule has 0 amide bonds. The predicted octanol–water partition coefficient (Wildman–Crippen LogP) is 3.49. The highest BCUT2D eigenvalue weighted by atomic mass is 35.5. The molecule has 0 saturated carbocycles. The zero-order valence-corrected chi connectivity index (χ0v) is 8.21. The number of pyridine rings is 1. The van der Waals surface area contributed by atoms with Crippen LogP contribution in [0.25, 0.3) is 10.8 Å². The van der Waals surface area contributed by atoms with Crippen LogP contribution in [0, 0.1) is 0 Å². The fraction of sp³-hybridized carbons (Fsp3) is 0.100. The van der Waals surface area contributed by atoms with Crippen LogP contribution in [0.15, 0.2) is 30.5 Å². The summed E-state index contributed by atoms with van der Waals surface area (Å²) in [5, 5.41) is 1.39. The van der Waals surface area contributed by atoms with E-state index < -0.39 is 6.61 Å². The van der Waals surface area contributed by atoms with Crippen LogP contribution in [0.3, 0.4) is 0 Å². The van der Waals surface area contributed by atoms with Crippen LogP contribution in [0.2, 0.25) is 5.15 Å². The van der Waals surface area contributed by atoms with E-state index in [0.29, 0.717) is 10.8 Å². The Hall–Kier alpha value is -1.42. The van der Waals surface area contributed by atoms with Crippen molar-refractivity contribution >= 4 is 22.4 Å². The van der Waals surface area contributed by atoms with E-state index in [4.69, 9.17) is 11.6 Å². The Morgan fingerprint density at radius 3 is 2.53 bits per heavy atom. The van der Waals surface area contributed by atoms with Crippen molar-refractivity contribution in [1.82, 2.24) is 4.98 Å². The van der Waals surface area contributed by atoms with E-state index in [0.717, 1.165) is 0 Å². The van der Waals surface area contributed by atoms with E-state index in [9.17, 15) is 8.78 Å². The van der Waals surface area contributed by atoms with Crippen molar-refractivity contribution in [2.24, 2.45) is 0 Å². The van der Waals surface area contributed by atoms with Crippen molar-refractivity contribution in [2.75, 3.05) is 0 Å². The molecule has 1 aromatic heterocycles. The van der Waals surface area contributed by atoms with Crippen LogP contribution < -0.4 is 4.74 Å². The maximum absolute atomic E-state index is 12.1. The lowest BCUT2D eigenvalue weighted by atomic mass is 10.2. The summed E-state index contributed by atoms with van der Waals surface area (Å²) in [4.78, 5) is 3.77. The topological polar surface area (TPSA) is 22.1 Å². The first kappa shape index (κ1) is 10.1. The zero-order valence-electron chi connectivity index (χ0n) is 7.45. The maximum Gasteiger partial charge on any atom is 0.387 e. The van der Waals surface area contributed by atoms with Gasteiger partial charge < -0.3 is 4.74 Å². The molecule has 0 saturated heterocycles. The SMILES string of the molecule is FC(F)Oc1cnc(Cl)c2ccccc12. The monoisotopic (exact) mass is 229 g/mol. The van der Waals surface area contributed by atoms with Crippen molar-refractivity contribution < 1.29 is 13.5 Å². The van der Waals surface area contributed by atoms with Gasteiger partial charge in [0.1, 0.15) is 5.15 Å². The van der Waals surface area contributed by atoms with Crippen LogP contribution >= 0.6 is 11.6 Å². The number of hydrogen-bond donors (Lipinski definition) is 0. The van der Waals surface area contributed by atoms with E-state index in [2.05, 4.69) is 9.72 Å².